The third kappa shape index (κ3) is 3.55. The zero-order valence-corrected chi connectivity index (χ0v) is 10.6. The number of rotatable bonds is 5. The molecule has 0 spiro atoms. The first-order valence-corrected chi connectivity index (χ1v) is 5.85. The highest BCUT2D eigenvalue weighted by molar-refractivity contribution is 5.54. The van der Waals surface area contributed by atoms with Crippen molar-refractivity contribution in [2.75, 3.05) is 6.61 Å². The fraction of sp³-hybridized carbons (Fsp3) is 0.333. The van der Waals surface area contributed by atoms with E-state index in [4.69, 9.17) is 4.84 Å². The van der Waals surface area contributed by atoms with Crippen LogP contribution in [0, 0.1) is 0 Å². The van der Waals surface area contributed by atoms with Gasteiger partial charge in [-0.05, 0) is 12.5 Å². The molecule has 1 N–H and O–H groups in total. The van der Waals surface area contributed by atoms with Gasteiger partial charge in [0.25, 0.3) is 0 Å². The third-order valence-electron chi connectivity index (χ3n) is 2.40. The summed E-state index contributed by atoms with van der Waals surface area (Å²) < 4.78 is 41.2. The molecule has 2 aromatic rings. The van der Waals surface area contributed by atoms with E-state index in [0.29, 0.717) is 18.7 Å². The number of nitrogens with zero attached hydrogens (tertiary/aromatic N) is 2. The van der Waals surface area contributed by atoms with E-state index in [1.807, 2.05) is 6.92 Å². The number of hydrogen-bond acceptors (Lipinski definition) is 5. The first kappa shape index (κ1) is 14.5. The van der Waals surface area contributed by atoms with E-state index in [9.17, 15) is 13.2 Å². The molecule has 0 bridgehead atoms. The molecule has 0 radical (unpaired) electrons. The molecule has 0 aliphatic heterocycles. The fourth-order valence-electron chi connectivity index (χ4n) is 1.46. The minimum Gasteiger partial charge on any atom is -0.329 e. The van der Waals surface area contributed by atoms with Gasteiger partial charge in [-0.2, -0.15) is 23.6 Å². The molecule has 0 aliphatic carbocycles. The van der Waals surface area contributed by atoms with Crippen molar-refractivity contribution in [1.82, 2.24) is 15.6 Å². The van der Waals surface area contributed by atoms with E-state index in [1.165, 1.54) is 0 Å². The lowest BCUT2D eigenvalue weighted by atomic mass is 10.1. The standard InChI is InChI=1S/C12H12F3N3O2/c1-2-19-16-7-8-3-5-9(6-4-8)10-17-11(20-18-10)12(13,14)15/h3-6,16H,2,7H2,1H3. The second-order valence-electron chi connectivity index (χ2n) is 3.87. The summed E-state index contributed by atoms with van der Waals surface area (Å²) in [5, 5.41) is 3.31. The smallest absolute Gasteiger partial charge is 0.329 e. The van der Waals surface area contributed by atoms with Crippen molar-refractivity contribution >= 4 is 0 Å². The number of aromatic nitrogens is 2. The molecular weight excluding hydrogens is 275 g/mol. The predicted octanol–water partition coefficient (Wildman–Crippen LogP) is 2.80. The van der Waals surface area contributed by atoms with Crippen molar-refractivity contribution in [1.29, 1.82) is 0 Å². The zero-order chi connectivity index (χ0) is 14.6. The Morgan fingerprint density at radius 1 is 1.25 bits per heavy atom. The molecule has 0 atom stereocenters. The molecule has 0 saturated heterocycles. The van der Waals surface area contributed by atoms with Crippen LogP contribution in [0.15, 0.2) is 28.8 Å². The average molecular weight is 287 g/mol. The van der Waals surface area contributed by atoms with Crippen molar-refractivity contribution in [3.8, 4) is 11.4 Å². The number of halogens is 3. The van der Waals surface area contributed by atoms with E-state index >= 15 is 0 Å². The van der Waals surface area contributed by atoms with E-state index in [2.05, 4.69) is 20.1 Å². The van der Waals surface area contributed by atoms with Crippen molar-refractivity contribution in [2.45, 2.75) is 19.6 Å². The van der Waals surface area contributed by atoms with Gasteiger partial charge in [-0.3, -0.25) is 0 Å². The summed E-state index contributed by atoms with van der Waals surface area (Å²) in [6.07, 6.45) is -4.63. The maximum atomic E-state index is 12.3. The fourth-order valence-corrected chi connectivity index (χ4v) is 1.46. The van der Waals surface area contributed by atoms with Gasteiger partial charge < -0.3 is 9.36 Å². The molecule has 1 heterocycles. The molecule has 0 amide bonds. The number of benzene rings is 1. The third-order valence-corrected chi connectivity index (χ3v) is 2.40. The van der Waals surface area contributed by atoms with Crippen LogP contribution in [0.1, 0.15) is 18.4 Å². The second-order valence-corrected chi connectivity index (χ2v) is 3.87. The van der Waals surface area contributed by atoms with Crippen LogP contribution in [0.4, 0.5) is 13.2 Å². The lowest BCUT2D eigenvalue weighted by Gasteiger charge is -2.04. The summed E-state index contributed by atoms with van der Waals surface area (Å²) >= 11 is 0. The van der Waals surface area contributed by atoms with E-state index in [0.717, 1.165) is 5.56 Å². The molecule has 0 fully saturated rings. The van der Waals surface area contributed by atoms with E-state index < -0.39 is 12.1 Å². The molecule has 2 rings (SSSR count). The lowest BCUT2D eigenvalue weighted by molar-refractivity contribution is -0.159. The largest absolute Gasteiger partial charge is 0.471 e. The van der Waals surface area contributed by atoms with Crippen molar-refractivity contribution < 1.29 is 22.5 Å². The quantitative estimate of drug-likeness (QED) is 0.677. The van der Waals surface area contributed by atoms with Crippen LogP contribution in [-0.4, -0.2) is 16.7 Å². The van der Waals surface area contributed by atoms with Gasteiger partial charge >= 0.3 is 12.1 Å². The summed E-state index contributed by atoms with van der Waals surface area (Å²) in [5.41, 5.74) is 4.10. The van der Waals surface area contributed by atoms with Gasteiger partial charge in [0.15, 0.2) is 0 Å². The Morgan fingerprint density at radius 3 is 2.50 bits per heavy atom. The van der Waals surface area contributed by atoms with Crippen LogP contribution in [0.2, 0.25) is 0 Å². The second kappa shape index (κ2) is 6.02. The Balaban J connectivity index is 2.08. The van der Waals surface area contributed by atoms with Crippen molar-refractivity contribution in [3.63, 3.8) is 0 Å². The van der Waals surface area contributed by atoms with Crippen LogP contribution in [0.5, 0.6) is 0 Å². The molecule has 20 heavy (non-hydrogen) atoms. The average Bonchev–Trinajstić information content (AvgIpc) is 2.89. The van der Waals surface area contributed by atoms with Crippen LogP contribution in [0.3, 0.4) is 0 Å². The SMILES string of the molecule is CCONCc1ccc(-c2noc(C(F)(F)F)n2)cc1. The van der Waals surface area contributed by atoms with Gasteiger partial charge in [-0.1, -0.05) is 29.4 Å². The number of nitrogens with one attached hydrogen (secondary N) is 1. The Morgan fingerprint density at radius 2 is 1.95 bits per heavy atom. The minimum absolute atomic E-state index is 0.0957. The van der Waals surface area contributed by atoms with Gasteiger partial charge in [0.05, 0.1) is 6.61 Å². The molecular formula is C12H12F3N3O2. The molecule has 1 aromatic carbocycles. The highest BCUT2D eigenvalue weighted by Crippen LogP contribution is 2.29. The minimum atomic E-state index is -4.63. The number of hydroxylamine groups is 1. The topological polar surface area (TPSA) is 60.2 Å². The van der Waals surface area contributed by atoms with Crippen LogP contribution in [-0.2, 0) is 17.6 Å². The first-order valence-electron chi connectivity index (χ1n) is 5.85. The van der Waals surface area contributed by atoms with Gasteiger partial charge in [-0.25, -0.2) is 0 Å². The van der Waals surface area contributed by atoms with E-state index in [-0.39, 0.29) is 5.82 Å². The zero-order valence-electron chi connectivity index (χ0n) is 10.6. The molecule has 108 valence electrons. The van der Waals surface area contributed by atoms with Crippen LogP contribution < -0.4 is 5.48 Å². The summed E-state index contributed by atoms with van der Waals surface area (Å²) in [5.74, 6) is -1.45. The monoisotopic (exact) mass is 287 g/mol. The summed E-state index contributed by atoms with van der Waals surface area (Å²) in [6.45, 7) is 2.89. The highest BCUT2D eigenvalue weighted by atomic mass is 19.4. The van der Waals surface area contributed by atoms with Crippen LogP contribution in [0.25, 0.3) is 11.4 Å². The molecule has 0 unspecified atom stereocenters. The molecule has 5 nitrogen and oxygen atoms in total. The maximum Gasteiger partial charge on any atom is 0.471 e. The van der Waals surface area contributed by atoms with Gasteiger partial charge in [0.1, 0.15) is 0 Å². The highest BCUT2D eigenvalue weighted by Gasteiger charge is 2.38. The molecule has 0 saturated carbocycles. The molecule has 1 aromatic heterocycles. The molecule has 0 aliphatic rings. The van der Waals surface area contributed by atoms with Crippen LogP contribution >= 0.6 is 0 Å². The van der Waals surface area contributed by atoms with Gasteiger partial charge in [-0.15, -0.1) is 0 Å². The van der Waals surface area contributed by atoms with Gasteiger partial charge in [0.2, 0.25) is 5.82 Å². The van der Waals surface area contributed by atoms with Crippen molar-refractivity contribution in [2.24, 2.45) is 0 Å². The first-order chi connectivity index (χ1) is 9.50. The maximum absolute atomic E-state index is 12.3. The normalized spacial score (nSPS) is 11.8. The Bertz CT molecular complexity index is 552. The Labute approximate surface area is 112 Å². The van der Waals surface area contributed by atoms with E-state index in [1.54, 1.807) is 24.3 Å². The van der Waals surface area contributed by atoms with Crippen molar-refractivity contribution in [3.05, 3.63) is 35.7 Å². The lowest BCUT2D eigenvalue weighted by Crippen LogP contribution is -2.13. The van der Waals surface area contributed by atoms with Gasteiger partial charge in [0, 0.05) is 12.1 Å². The molecule has 8 heteroatoms. The predicted molar refractivity (Wildman–Crippen MR) is 63.2 cm³/mol. The number of hydrogen-bond donors (Lipinski definition) is 1. The number of alkyl halides is 3. The Hall–Kier alpha value is -1.93. The Kier molecular flexibility index (Phi) is 4.35. The summed E-state index contributed by atoms with van der Waals surface area (Å²) in [6, 6.07) is 6.72. The summed E-state index contributed by atoms with van der Waals surface area (Å²) in [4.78, 5) is 8.29. The summed E-state index contributed by atoms with van der Waals surface area (Å²) in [7, 11) is 0.